The molecule has 0 spiro atoms. The zero-order chi connectivity index (χ0) is 13.1. The second kappa shape index (κ2) is 5.02. The van der Waals surface area contributed by atoms with Gasteiger partial charge in [0.2, 0.25) is 0 Å². The summed E-state index contributed by atoms with van der Waals surface area (Å²) < 4.78 is 5.37. The Balaban J connectivity index is 1.95. The van der Waals surface area contributed by atoms with Crippen molar-refractivity contribution in [3.8, 4) is 0 Å². The van der Waals surface area contributed by atoms with Gasteiger partial charge in [0.15, 0.2) is 12.0 Å². The van der Waals surface area contributed by atoms with Gasteiger partial charge in [-0.05, 0) is 35.7 Å². The molecule has 3 rings (SSSR count). The summed E-state index contributed by atoms with van der Waals surface area (Å²) in [5, 5.41) is 3.07. The minimum atomic E-state index is 0.431. The van der Waals surface area contributed by atoms with Crippen LogP contribution in [0.5, 0.6) is 0 Å². The third-order valence-corrected chi connectivity index (χ3v) is 3.18. The van der Waals surface area contributed by atoms with E-state index in [2.05, 4.69) is 22.3 Å². The number of nitroso groups, excluding NO2 is 1. The standard InChI is InChI=1S/C15H12N2O2/c18-17-13-8-9-14-15(19-10-16-14)12(13)7-6-11-4-2-1-3-5-11/h1-5,8-10H,6-7H2. The Morgan fingerprint density at radius 3 is 2.68 bits per heavy atom. The van der Waals surface area contributed by atoms with Crippen LogP contribution in [0.15, 0.2) is 58.5 Å². The highest BCUT2D eigenvalue weighted by Crippen LogP contribution is 2.28. The molecule has 0 aliphatic heterocycles. The fourth-order valence-electron chi connectivity index (χ4n) is 2.22. The highest BCUT2D eigenvalue weighted by Gasteiger charge is 2.12. The molecule has 1 heterocycles. The zero-order valence-corrected chi connectivity index (χ0v) is 10.2. The van der Waals surface area contributed by atoms with Crippen LogP contribution in [-0.4, -0.2) is 4.98 Å². The van der Waals surface area contributed by atoms with Crippen LogP contribution < -0.4 is 0 Å². The van der Waals surface area contributed by atoms with Crippen LogP contribution in [-0.2, 0) is 12.8 Å². The van der Waals surface area contributed by atoms with E-state index < -0.39 is 0 Å². The van der Waals surface area contributed by atoms with E-state index >= 15 is 0 Å². The van der Waals surface area contributed by atoms with Gasteiger partial charge in [-0.15, -0.1) is 4.91 Å². The second-order valence-electron chi connectivity index (χ2n) is 4.34. The molecule has 0 unspecified atom stereocenters. The summed E-state index contributed by atoms with van der Waals surface area (Å²) in [6.07, 6.45) is 2.94. The minimum absolute atomic E-state index is 0.431. The summed E-state index contributed by atoms with van der Waals surface area (Å²) >= 11 is 0. The molecule has 4 heteroatoms. The lowest BCUT2D eigenvalue weighted by atomic mass is 10.0. The Labute approximate surface area is 110 Å². The molecule has 0 aliphatic carbocycles. The van der Waals surface area contributed by atoms with Crippen LogP contribution in [0.1, 0.15) is 11.1 Å². The molecule has 1 aromatic heterocycles. The molecule has 0 amide bonds. The van der Waals surface area contributed by atoms with Crippen molar-refractivity contribution in [1.82, 2.24) is 4.98 Å². The third kappa shape index (κ3) is 2.25. The average molecular weight is 252 g/mol. The number of hydrogen-bond acceptors (Lipinski definition) is 4. The zero-order valence-electron chi connectivity index (χ0n) is 10.2. The van der Waals surface area contributed by atoms with E-state index in [1.807, 2.05) is 18.2 Å². The van der Waals surface area contributed by atoms with Crippen LogP contribution in [0.25, 0.3) is 11.1 Å². The Kier molecular flexibility index (Phi) is 3.06. The van der Waals surface area contributed by atoms with Crippen molar-refractivity contribution in [3.63, 3.8) is 0 Å². The van der Waals surface area contributed by atoms with Crippen LogP contribution in [0, 0.1) is 4.91 Å². The van der Waals surface area contributed by atoms with Gasteiger partial charge in [0.25, 0.3) is 0 Å². The maximum Gasteiger partial charge on any atom is 0.181 e. The van der Waals surface area contributed by atoms with E-state index in [1.165, 1.54) is 12.0 Å². The van der Waals surface area contributed by atoms with Gasteiger partial charge < -0.3 is 4.42 Å². The van der Waals surface area contributed by atoms with Gasteiger partial charge in [-0.1, -0.05) is 30.3 Å². The van der Waals surface area contributed by atoms with Gasteiger partial charge >= 0.3 is 0 Å². The van der Waals surface area contributed by atoms with Crippen LogP contribution in [0.2, 0.25) is 0 Å². The van der Waals surface area contributed by atoms with Crippen molar-refractivity contribution in [2.45, 2.75) is 12.8 Å². The number of rotatable bonds is 4. The molecule has 0 atom stereocenters. The van der Waals surface area contributed by atoms with Crippen molar-refractivity contribution in [1.29, 1.82) is 0 Å². The van der Waals surface area contributed by atoms with E-state index in [4.69, 9.17) is 4.42 Å². The van der Waals surface area contributed by atoms with Crippen molar-refractivity contribution in [3.05, 3.63) is 64.9 Å². The predicted octanol–water partition coefficient (Wildman–Crippen LogP) is 4.01. The maximum absolute atomic E-state index is 10.9. The van der Waals surface area contributed by atoms with Gasteiger partial charge in [0.05, 0.1) is 0 Å². The summed E-state index contributed by atoms with van der Waals surface area (Å²) in [5.74, 6) is 0. The molecule has 4 nitrogen and oxygen atoms in total. The second-order valence-corrected chi connectivity index (χ2v) is 4.34. The molecule has 0 saturated heterocycles. The van der Waals surface area contributed by atoms with Crippen LogP contribution >= 0.6 is 0 Å². The number of aryl methyl sites for hydroxylation is 2. The highest BCUT2D eigenvalue weighted by atomic mass is 16.3. The first-order valence-corrected chi connectivity index (χ1v) is 6.11. The molecule has 94 valence electrons. The van der Waals surface area contributed by atoms with Crippen LogP contribution in [0.3, 0.4) is 0 Å². The lowest BCUT2D eigenvalue weighted by molar-refractivity contribution is 0.597. The number of benzene rings is 2. The van der Waals surface area contributed by atoms with Gasteiger partial charge in [0, 0.05) is 5.56 Å². The fraction of sp³-hybridized carbons (Fsp3) is 0.133. The Morgan fingerprint density at radius 1 is 1.05 bits per heavy atom. The number of nitrogens with zero attached hydrogens (tertiary/aromatic N) is 2. The van der Waals surface area contributed by atoms with Gasteiger partial charge in [-0.2, -0.15) is 0 Å². The molecule has 0 fully saturated rings. The lowest BCUT2D eigenvalue weighted by Gasteiger charge is -2.04. The van der Waals surface area contributed by atoms with Crippen molar-refractivity contribution >= 4 is 16.8 Å². The van der Waals surface area contributed by atoms with Crippen molar-refractivity contribution < 1.29 is 4.42 Å². The van der Waals surface area contributed by atoms with E-state index in [0.717, 1.165) is 17.5 Å². The first-order chi connectivity index (χ1) is 9.38. The quantitative estimate of drug-likeness (QED) is 0.659. The number of oxazole rings is 1. The molecule has 0 bridgehead atoms. The SMILES string of the molecule is O=Nc1ccc2ncoc2c1CCc1ccccc1. The molecule has 2 aromatic carbocycles. The molecule has 0 aliphatic rings. The highest BCUT2D eigenvalue weighted by molar-refractivity contribution is 5.81. The summed E-state index contributed by atoms with van der Waals surface area (Å²) in [7, 11) is 0. The molecular weight excluding hydrogens is 240 g/mol. The summed E-state index contributed by atoms with van der Waals surface area (Å²) in [6, 6.07) is 13.6. The van der Waals surface area contributed by atoms with Crippen molar-refractivity contribution in [2.24, 2.45) is 5.18 Å². The molecule has 0 N–H and O–H groups in total. The average Bonchev–Trinajstić information content (AvgIpc) is 2.94. The summed E-state index contributed by atoms with van der Waals surface area (Å²) in [6.45, 7) is 0. The summed E-state index contributed by atoms with van der Waals surface area (Å²) in [4.78, 5) is 15.0. The normalized spacial score (nSPS) is 10.7. The smallest absolute Gasteiger partial charge is 0.181 e. The molecule has 0 saturated carbocycles. The Morgan fingerprint density at radius 2 is 1.89 bits per heavy atom. The Hall–Kier alpha value is -2.49. The van der Waals surface area contributed by atoms with Crippen molar-refractivity contribution in [2.75, 3.05) is 0 Å². The van der Waals surface area contributed by atoms with E-state index in [0.29, 0.717) is 17.7 Å². The molecule has 19 heavy (non-hydrogen) atoms. The minimum Gasteiger partial charge on any atom is -0.443 e. The molecule has 0 radical (unpaired) electrons. The van der Waals surface area contributed by atoms with E-state index in [-0.39, 0.29) is 0 Å². The fourth-order valence-corrected chi connectivity index (χ4v) is 2.22. The maximum atomic E-state index is 10.9. The first kappa shape index (κ1) is 11.6. The number of fused-ring (bicyclic) bond motifs is 1. The number of aromatic nitrogens is 1. The predicted molar refractivity (Wildman–Crippen MR) is 73.3 cm³/mol. The third-order valence-electron chi connectivity index (χ3n) is 3.18. The molecular formula is C15H12N2O2. The van der Waals surface area contributed by atoms with Gasteiger partial charge in [-0.3, -0.25) is 0 Å². The summed E-state index contributed by atoms with van der Waals surface area (Å²) in [5.41, 5.74) is 3.90. The topological polar surface area (TPSA) is 55.5 Å². The van der Waals surface area contributed by atoms with Crippen LogP contribution in [0.4, 0.5) is 5.69 Å². The largest absolute Gasteiger partial charge is 0.443 e. The Bertz CT molecular complexity index is 704. The first-order valence-electron chi connectivity index (χ1n) is 6.11. The monoisotopic (exact) mass is 252 g/mol. The van der Waals surface area contributed by atoms with Gasteiger partial charge in [-0.25, -0.2) is 4.98 Å². The van der Waals surface area contributed by atoms with E-state index in [1.54, 1.807) is 12.1 Å². The lowest BCUT2D eigenvalue weighted by Crippen LogP contribution is -1.92. The van der Waals surface area contributed by atoms with E-state index in [9.17, 15) is 4.91 Å². The van der Waals surface area contributed by atoms with Gasteiger partial charge in [0.1, 0.15) is 11.2 Å². The molecule has 3 aromatic rings. The number of hydrogen-bond donors (Lipinski definition) is 0.